The molecule has 2 aromatic carbocycles. The van der Waals surface area contributed by atoms with E-state index in [0.717, 1.165) is 18.3 Å². The third-order valence-corrected chi connectivity index (χ3v) is 4.73. The van der Waals surface area contributed by atoms with Crippen LogP contribution < -0.4 is 10.6 Å². The number of hydrogen-bond acceptors (Lipinski definition) is 5. The molecule has 0 aliphatic carbocycles. The lowest BCUT2D eigenvalue weighted by atomic mass is 10.1. The summed E-state index contributed by atoms with van der Waals surface area (Å²) in [4.78, 5) is 39.2. The van der Waals surface area contributed by atoms with Gasteiger partial charge in [0.15, 0.2) is 0 Å². The van der Waals surface area contributed by atoms with Gasteiger partial charge in [-0.05, 0) is 18.2 Å². The molecule has 3 aromatic rings. The quantitative estimate of drug-likeness (QED) is 0.385. The highest BCUT2D eigenvalue weighted by molar-refractivity contribution is 6.34. The summed E-state index contributed by atoms with van der Waals surface area (Å²) < 4.78 is 26.4. The van der Waals surface area contributed by atoms with Crippen LogP contribution in [0.15, 0.2) is 54.9 Å². The van der Waals surface area contributed by atoms with E-state index in [0.29, 0.717) is 4.57 Å². The Morgan fingerprint density at radius 3 is 2.59 bits per heavy atom. The molecule has 0 radical (unpaired) electrons. The van der Waals surface area contributed by atoms with E-state index < -0.39 is 23.3 Å². The number of nitrogens with one attached hydrogen (secondary N) is 2. The van der Waals surface area contributed by atoms with Crippen LogP contribution in [0.2, 0.25) is 5.02 Å². The Labute approximate surface area is 185 Å². The number of benzene rings is 2. The number of halogens is 3. The molecule has 0 saturated heterocycles. The normalized spacial score (nSPS) is 10.8. The van der Waals surface area contributed by atoms with E-state index in [9.17, 15) is 28.5 Å². The molecule has 12 heteroatoms. The van der Waals surface area contributed by atoms with Gasteiger partial charge in [0.2, 0.25) is 0 Å². The van der Waals surface area contributed by atoms with Gasteiger partial charge in [-0.3, -0.25) is 24.3 Å². The number of alkyl halides is 2. The maximum Gasteiger partial charge on any atom is 0.319 e. The molecule has 0 fully saturated rings. The zero-order valence-corrected chi connectivity index (χ0v) is 17.1. The lowest BCUT2D eigenvalue weighted by molar-refractivity contribution is -0.384. The van der Waals surface area contributed by atoms with Crippen LogP contribution in [0.25, 0.3) is 0 Å². The van der Waals surface area contributed by atoms with Gasteiger partial charge in [0.25, 0.3) is 17.5 Å². The first kappa shape index (κ1) is 22.8. The molecule has 0 aliphatic heterocycles. The van der Waals surface area contributed by atoms with E-state index in [1.54, 1.807) is 12.1 Å². The molecule has 0 aliphatic rings. The van der Waals surface area contributed by atoms with Crippen molar-refractivity contribution >= 4 is 34.8 Å². The Morgan fingerprint density at radius 1 is 1.16 bits per heavy atom. The molecule has 0 bridgehead atoms. The maximum atomic E-state index is 12.9. The Bertz CT molecular complexity index is 1170. The number of nitrogens with zero attached hydrogens (tertiary/aromatic N) is 3. The van der Waals surface area contributed by atoms with Crippen molar-refractivity contribution in [2.45, 2.75) is 13.0 Å². The highest BCUT2D eigenvalue weighted by atomic mass is 35.5. The molecule has 0 atom stereocenters. The Balaban J connectivity index is 1.68. The first-order valence-electron chi connectivity index (χ1n) is 9.20. The molecule has 2 amide bonds. The Kier molecular flexibility index (Phi) is 7.11. The molecule has 9 nitrogen and oxygen atoms in total. The number of nitro benzene ring substituents is 1. The summed E-state index contributed by atoms with van der Waals surface area (Å²) in [5.41, 5.74) is 0.0414. The molecule has 1 aromatic heterocycles. The zero-order valence-electron chi connectivity index (χ0n) is 16.3. The topological polar surface area (TPSA) is 119 Å². The monoisotopic (exact) mass is 463 g/mol. The average molecular weight is 464 g/mol. The molecule has 1 heterocycles. The van der Waals surface area contributed by atoms with Crippen molar-refractivity contribution in [3.05, 3.63) is 86.9 Å². The maximum absolute atomic E-state index is 12.9. The first-order chi connectivity index (χ1) is 15.3. The molecule has 32 heavy (non-hydrogen) atoms. The fourth-order valence-electron chi connectivity index (χ4n) is 2.88. The average Bonchev–Trinajstić information content (AvgIpc) is 3.22. The number of amides is 2. The summed E-state index contributed by atoms with van der Waals surface area (Å²) >= 11 is 5.98. The number of imidazole rings is 1. The summed E-state index contributed by atoms with van der Waals surface area (Å²) in [7, 11) is 0. The second kappa shape index (κ2) is 9.96. The number of non-ortho nitro benzene ring substituents is 1. The first-order valence-corrected chi connectivity index (χ1v) is 9.58. The molecular formula is C20H16ClF2N5O4. The second-order valence-corrected chi connectivity index (χ2v) is 6.86. The summed E-state index contributed by atoms with van der Waals surface area (Å²) in [5.74, 6) is -1.08. The summed E-state index contributed by atoms with van der Waals surface area (Å²) in [6, 6.07) is 9.57. The molecule has 3 rings (SSSR count). The number of para-hydroxylation sites is 1. The predicted molar refractivity (Wildman–Crippen MR) is 112 cm³/mol. The highest BCUT2D eigenvalue weighted by Crippen LogP contribution is 2.24. The SMILES string of the molecule is O=C(Nc1ccccc1C(=O)NCCc1nccn1C(F)F)c1ccc([N+](=O)[O-])cc1Cl. The lowest BCUT2D eigenvalue weighted by Crippen LogP contribution is -2.28. The van der Waals surface area contributed by atoms with E-state index in [1.165, 1.54) is 24.4 Å². The number of anilines is 1. The minimum atomic E-state index is -2.73. The predicted octanol–water partition coefficient (Wildman–Crippen LogP) is 4.06. The van der Waals surface area contributed by atoms with Crippen LogP contribution in [0.3, 0.4) is 0 Å². The van der Waals surface area contributed by atoms with Crippen LogP contribution in [0.1, 0.15) is 33.1 Å². The van der Waals surface area contributed by atoms with Gasteiger partial charge >= 0.3 is 6.55 Å². The van der Waals surface area contributed by atoms with Gasteiger partial charge in [0.1, 0.15) is 5.82 Å². The van der Waals surface area contributed by atoms with Crippen molar-refractivity contribution in [2.24, 2.45) is 0 Å². The van der Waals surface area contributed by atoms with E-state index in [-0.39, 0.29) is 46.3 Å². The zero-order chi connectivity index (χ0) is 23.3. The van der Waals surface area contributed by atoms with E-state index in [2.05, 4.69) is 15.6 Å². The third kappa shape index (κ3) is 5.24. The fourth-order valence-corrected chi connectivity index (χ4v) is 3.14. The van der Waals surface area contributed by atoms with E-state index >= 15 is 0 Å². The van der Waals surface area contributed by atoms with Crippen molar-refractivity contribution in [3.63, 3.8) is 0 Å². The largest absolute Gasteiger partial charge is 0.352 e. The fraction of sp³-hybridized carbons (Fsp3) is 0.150. The summed E-state index contributed by atoms with van der Waals surface area (Å²) in [5, 5.41) is 15.9. The van der Waals surface area contributed by atoms with Gasteiger partial charge in [-0.25, -0.2) is 4.98 Å². The molecule has 0 unspecified atom stereocenters. The van der Waals surface area contributed by atoms with Crippen LogP contribution >= 0.6 is 11.6 Å². The van der Waals surface area contributed by atoms with Crippen LogP contribution in [0, 0.1) is 10.1 Å². The van der Waals surface area contributed by atoms with Crippen molar-refractivity contribution in [1.29, 1.82) is 0 Å². The second-order valence-electron chi connectivity index (χ2n) is 6.46. The van der Waals surface area contributed by atoms with Crippen LogP contribution in [-0.4, -0.2) is 32.8 Å². The number of carbonyl (C=O) groups excluding carboxylic acids is 2. The Hall–Kier alpha value is -3.86. The molecule has 166 valence electrons. The molecule has 2 N–H and O–H groups in total. The minimum absolute atomic E-state index is 0.00804. The molecular weight excluding hydrogens is 448 g/mol. The van der Waals surface area contributed by atoms with Gasteiger partial charge in [0, 0.05) is 37.5 Å². The van der Waals surface area contributed by atoms with E-state index in [1.807, 2.05) is 0 Å². The van der Waals surface area contributed by atoms with Crippen molar-refractivity contribution in [3.8, 4) is 0 Å². The lowest BCUT2D eigenvalue weighted by Gasteiger charge is -2.12. The van der Waals surface area contributed by atoms with Crippen LogP contribution in [0.5, 0.6) is 0 Å². The number of rotatable bonds is 8. The van der Waals surface area contributed by atoms with Crippen molar-refractivity contribution < 1.29 is 23.3 Å². The van der Waals surface area contributed by atoms with Crippen LogP contribution in [0.4, 0.5) is 20.2 Å². The standard InChI is InChI=1S/C20H16ClF2N5O4/c21-15-11-12(28(31)32)5-6-13(15)19(30)26-16-4-2-1-3-14(16)18(29)25-8-7-17-24-9-10-27(17)20(22)23/h1-6,9-11,20H,7-8H2,(H,25,29)(H,26,30). The number of carbonyl (C=O) groups is 2. The minimum Gasteiger partial charge on any atom is -0.352 e. The van der Waals surface area contributed by atoms with Gasteiger partial charge in [-0.2, -0.15) is 8.78 Å². The molecule has 0 saturated carbocycles. The third-order valence-electron chi connectivity index (χ3n) is 4.42. The Morgan fingerprint density at radius 2 is 1.91 bits per heavy atom. The van der Waals surface area contributed by atoms with Gasteiger partial charge < -0.3 is 10.6 Å². The van der Waals surface area contributed by atoms with Crippen molar-refractivity contribution in [1.82, 2.24) is 14.9 Å². The summed E-state index contributed by atoms with van der Waals surface area (Å²) in [6.07, 6.45) is 2.48. The molecule has 0 spiro atoms. The number of aromatic nitrogens is 2. The van der Waals surface area contributed by atoms with E-state index in [4.69, 9.17) is 11.6 Å². The smallest absolute Gasteiger partial charge is 0.319 e. The van der Waals surface area contributed by atoms with Gasteiger partial charge in [-0.1, -0.05) is 23.7 Å². The van der Waals surface area contributed by atoms with Gasteiger partial charge in [0.05, 0.1) is 26.8 Å². The highest BCUT2D eigenvalue weighted by Gasteiger charge is 2.18. The summed E-state index contributed by atoms with van der Waals surface area (Å²) in [6.45, 7) is -2.69. The van der Waals surface area contributed by atoms with Crippen LogP contribution in [-0.2, 0) is 6.42 Å². The number of nitro groups is 1. The number of hydrogen-bond donors (Lipinski definition) is 2. The van der Waals surface area contributed by atoms with Crippen molar-refractivity contribution in [2.75, 3.05) is 11.9 Å². The van der Waals surface area contributed by atoms with Gasteiger partial charge in [-0.15, -0.1) is 0 Å².